The highest BCUT2D eigenvalue weighted by Gasteiger charge is 2.23. The van der Waals surface area contributed by atoms with Gasteiger partial charge in [-0.25, -0.2) is 13.6 Å². The van der Waals surface area contributed by atoms with Gasteiger partial charge in [-0.1, -0.05) is 0 Å². The topological polar surface area (TPSA) is 72.5 Å². The molecule has 1 rings (SSSR count). The molecule has 8 heteroatoms. The molecule has 1 amide bonds. The molecular weight excluding hydrogens is 292 g/mol. The normalized spacial score (nSPS) is 13.4. The summed E-state index contributed by atoms with van der Waals surface area (Å²) in [5.41, 5.74) is 0. The Hall–Kier alpha value is -1.83. The summed E-state index contributed by atoms with van der Waals surface area (Å²) < 4.78 is 42.3. The first kappa shape index (κ1) is 16.2. The van der Waals surface area contributed by atoms with Crippen molar-refractivity contribution in [3.8, 4) is 0 Å². The van der Waals surface area contributed by atoms with Crippen LogP contribution >= 0.6 is 0 Å². The van der Waals surface area contributed by atoms with E-state index in [1.54, 1.807) is 0 Å². The van der Waals surface area contributed by atoms with Gasteiger partial charge in [-0.2, -0.15) is 0 Å². The Kier molecular flexibility index (Phi) is 5.75. The zero-order valence-corrected chi connectivity index (χ0v) is 11.6. The molecule has 20 heavy (non-hydrogen) atoms. The van der Waals surface area contributed by atoms with Gasteiger partial charge in [0.1, 0.15) is 6.04 Å². The van der Waals surface area contributed by atoms with Crippen molar-refractivity contribution < 1.29 is 27.3 Å². The van der Waals surface area contributed by atoms with Crippen molar-refractivity contribution in [1.29, 1.82) is 0 Å². The minimum Gasteiger partial charge on any atom is -0.467 e. The number of halogens is 2. The lowest BCUT2D eigenvalue weighted by molar-refractivity contribution is -0.144. The first-order valence-corrected chi connectivity index (χ1v) is 6.85. The minimum absolute atomic E-state index is 0.0168. The van der Waals surface area contributed by atoms with Gasteiger partial charge >= 0.3 is 5.97 Å². The summed E-state index contributed by atoms with van der Waals surface area (Å²) in [6.45, 7) is 1.19. The number of ether oxygens (including phenoxy) is 1. The van der Waals surface area contributed by atoms with Gasteiger partial charge in [0, 0.05) is 11.8 Å². The van der Waals surface area contributed by atoms with Crippen molar-refractivity contribution in [1.82, 2.24) is 5.32 Å². The third-order valence-electron chi connectivity index (χ3n) is 2.34. The second-order valence-corrected chi connectivity index (χ2v) is 5.36. The fourth-order valence-electron chi connectivity index (χ4n) is 1.42. The van der Waals surface area contributed by atoms with Crippen LogP contribution in [0.25, 0.3) is 0 Å². The summed E-state index contributed by atoms with van der Waals surface area (Å²) in [4.78, 5) is 22.4. The van der Waals surface area contributed by atoms with Crippen molar-refractivity contribution in [2.45, 2.75) is 17.9 Å². The molecule has 0 aliphatic heterocycles. The lowest BCUT2D eigenvalue weighted by Crippen LogP contribution is -2.44. The van der Waals surface area contributed by atoms with E-state index >= 15 is 0 Å². The molecule has 0 spiro atoms. The number of rotatable bonds is 5. The van der Waals surface area contributed by atoms with Gasteiger partial charge in [0.15, 0.2) is 11.6 Å². The van der Waals surface area contributed by atoms with E-state index in [1.807, 2.05) is 0 Å². The molecule has 0 saturated carbocycles. The number of hydrogen-bond acceptors (Lipinski definition) is 4. The van der Waals surface area contributed by atoms with Crippen molar-refractivity contribution in [3.05, 3.63) is 29.8 Å². The third kappa shape index (κ3) is 4.37. The standard InChI is InChI=1S/C12H13F2NO4S/c1-7(16)15-11(12(17)19-2)6-20(18)8-3-4-9(13)10(14)5-8/h3-5,11H,6H2,1-2H3,(H,15,16). The van der Waals surface area contributed by atoms with E-state index in [1.165, 1.54) is 6.92 Å². The molecule has 0 aromatic heterocycles. The molecule has 110 valence electrons. The predicted octanol–water partition coefficient (Wildman–Crippen LogP) is 0.750. The van der Waals surface area contributed by atoms with Crippen LogP contribution in [0.2, 0.25) is 0 Å². The molecule has 2 atom stereocenters. The number of nitrogens with one attached hydrogen (secondary N) is 1. The highest BCUT2D eigenvalue weighted by Crippen LogP contribution is 2.13. The van der Waals surface area contributed by atoms with Crippen molar-refractivity contribution >= 4 is 22.7 Å². The van der Waals surface area contributed by atoms with Crippen LogP contribution in [0.5, 0.6) is 0 Å². The molecule has 1 aromatic carbocycles. The molecule has 0 saturated heterocycles. The largest absolute Gasteiger partial charge is 0.467 e. The Morgan fingerprint density at radius 3 is 2.50 bits per heavy atom. The second-order valence-electron chi connectivity index (χ2n) is 3.86. The Morgan fingerprint density at radius 1 is 1.35 bits per heavy atom. The molecule has 5 nitrogen and oxygen atoms in total. The number of esters is 1. The zero-order valence-electron chi connectivity index (χ0n) is 10.8. The van der Waals surface area contributed by atoms with E-state index < -0.39 is 40.4 Å². The van der Waals surface area contributed by atoms with E-state index in [0.717, 1.165) is 25.3 Å². The van der Waals surface area contributed by atoms with Gasteiger partial charge in [-0.05, 0) is 18.2 Å². The lowest BCUT2D eigenvalue weighted by atomic mass is 10.3. The molecule has 0 bridgehead atoms. The number of amides is 1. The van der Waals surface area contributed by atoms with Crippen molar-refractivity contribution in [3.63, 3.8) is 0 Å². The molecule has 0 heterocycles. The van der Waals surface area contributed by atoms with Crippen LogP contribution in [0, 0.1) is 11.6 Å². The smallest absolute Gasteiger partial charge is 0.329 e. The van der Waals surface area contributed by atoms with E-state index in [9.17, 15) is 22.6 Å². The highest BCUT2D eigenvalue weighted by molar-refractivity contribution is 7.85. The van der Waals surface area contributed by atoms with Crippen LogP contribution in [0.4, 0.5) is 8.78 Å². The maximum Gasteiger partial charge on any atom is 0.329 e. The number of carbonyl (C=O) groups excluding carboxylic acids is 2. The first-order chi connectivity index (χ1) is 9.35. The van der Waals surface area contributed by atoms with E-state index in [-0.39, 0.29) is 10.6 Å². The Morgan fingerprint density at radius 2 is 2.00 bits per heavy atom. The third-order valence-corrected chi connectivity index (χ3v) is 3.75. The minimum atomic E-state index is -1.79. The van der Waals surface area contributed by atoms with E-state index in [2.05, 4.69) is 10.1 Å². The van der Waals surface area contributed by atoms with Gasteiger partial charge in [0.25, 0.3) is 0 Å². The SMILES string of the molecule is COC(=O)C(CS(=O)c1ccc(F)c(F)c1)NC(C)=O. The quantitative estimate of drug-likeness (QED) is 0.815. The second kappa shape index (κ2) is 7.09. The summed E-state index contributed by atoms with van der Waals surface area (Å²) in [5, 5.41) is 2.28. The summed E-state index contributed by atoms with van der Waals surface area (Å²) in [7, 11) is -0.670. The zero-order chi connectivity index (χ0) is 15.3. The fourth-order valence-corrected chi connectivity index (χ4v) is 2.59. The van der Waals surface area contributed by atoms with Gasteiger partial charge in [0.05, 0.1) is 23.7 Å². The van der Waals surface area contributed by atoms with Gasteiger partial charge in [-0.15, -0.1) is 0 Å². The maximum absolute atomic E-state index is 13.0. The average molecular weight is 305 g/mol. The highest BCUT2D eigenvalue weighted by atomic mass is 32.2. The molecule has 1 aromatic rings. The predicted molar refractivity (Wildman–Crippen MR) is 67.3 cm³/mol. The van der Waals surface area contributed by atoms with Crippen molar-refractivity contribution in [2.75, 3.05) is 12.9 Å². The molecule has 2 unspecified atom stereocenters. The van der Waals surface area contributed by atoms with Crippen molar-refractivity contribution in [2.24, 2.45) is 0 Å². The van der Waals surface area contributed by atoms with Crippen LogP contribution in [0.3, 0.4) is 0 Å². The van der Waals surface area contributed by atoms with Crippen LogP contribution < -0.4 is 5.32 Å². The molecule has 0 radical (unpaired) electrons. The molecule has 0 aliphatic carbocycles. The number of carbonyl (C=O) groups is 2. The number of hydrogen-bond donors (Lipinski definition) is 1. The van der Waals surface area contributed by atoms with Crippen LogP contribution in [0.1, 0.15) is 6.92 Å². The number of methoxy groups -OCH3 is 1. The Balaban J connectivity index is 2.86. The average Bonchev–Trinajstić information content (AvgIpc) is 2.39. The van der Waals surface area contributed by atoms with Gasteiger partial charge < -0.3 is 10.1 Å². The Bertz CT molecular complexity index is 550. The summed E-state index contributed by atoms with van der Waals surface area (Å²) >= 11 is 0. The molecule has 1 N–H and O–H groups in total. The fraction of sp³-hybridized carbons (Fsp3) is 0.333. The Labute approximate surface area is 116 Å². The molecule has 0 fully saturated rings. The maximum atomic E-state index is 13.0. The van der Waals surface area contributed by atoms with Crippen LogP contribution in [-0.4, -0.2) is 35.0 Å². The summed E-state index contributed by atoms with van der Waals surface area (Å²) in [5.74, 6) is -3.75. The first-order valence-electron chi connectivity index (χ1n) is 5.53. The van der Waals surface area contributed by atoms with Crippen LogP contribution in [0.15, 0.2) is 23.1 Å². The van der Waals surface area contributed by atoms with Crippen LogP contribution in [-0.2, 0) is 25.1 Å². The molecule has 0 aliphatic rings. The van der Waals surface area contributed by atoms with Gasteiger partial charge in [-0.3, -0.25) is 9.00 Å². The number of benzene rings is 1. The summed E-state index contributed by atoms with van der Waals surface area (Å²) in [6.07, 6.45) is 0. The van der Waals surface area contributed by atoms with Gasteiger partial charge in [0.2, 0.25) is 5.91 Å². The lowest BCUT2D eigenvalue weighted by Gasteiger charge is -2.15. The molecular formula is C12H13F2NO4S. The summed E-state index contributed by atoms with van der Waals surface area (Å²) in [6, 6.07) is 1.66. The van der Waals surface area contributed by atoms with E-state index in [0.29, 0.717) is 0 Å². The van der Waals surface area contributed by atoms with E-state index in [4.69, 9.17) is 0 Å². The monoisotopic (exact) mass is 305 g/mol.